The molecule has 1 aliphatic rings. The van der Waals surface area contributed by atoms with Gasteiger partial charge in [-0.2, -0.15) is 0 Å². The number of amides is 2. The molecule has 1 aliphatic heterocycles. The Morgan fingerprint density at radius 1 is 1.26 bits per heavy atom. The molecule has 5 nitrogen and oxygen atoms in total. The van der Waals surface area contributed by atoms with Crippen LogP contribution in [0.4, 0.5) is 18.9 Å². The third-order valence-electron chi connectivity index (χ3n) is 4.12. The van der Waals surface area contributed by atoms with Crippen LogP contribution >= 0.6 is 11.3 Å². The van der Waals surface area contributed by atoms with Gasteiger partial charge in [0.1, 0.15) is 11.8 Å². The molecule has 2 aromatic rings. The van der Waals surface area contributed by atoms with Crippen LogP contribution in [0.15, 0.2) is 41.8 Å². The number of benzene rings is 1. The summed E-state index contributed by atoms with van der Waals surface area (Å²) in [6.45, 7) is 0.486. The van der Waals surface area contributed by atoms with Gasteiger partial charge < -0.3 is 15.0 Å². The zero-order chi connectivity index (χ0) is 19.4. The van der Waals surface area contributed by atoms with E-state index in [1.54, 1.807) is 0 Å². The van der Waals surface area contributed by atoms with Crippen molar-refractivity contribution in [1.82, 2.24) is 4.90 Å². The molecule has 0 spiro atoms. The Balaban J connectivity index is 1.64. The maximum Gasteiger partial charge on any atom is 0.573 e. The van der Waals surface area contributed by atoms with Crippen LogP contribution in [0.25, 0.3) is 0 Å². The SMILES string of the molecule is O=C(Nc1cccc(OC(F)(F)F)c1)C1CCCN1C(=O)Cc1cccs1. The lowest BCUT2D eigenvalue weighted by atomic mass is 10.2. The molecule has 2 amide bonds. The van der Waals surface area contributed by atoms with Gasteiger partial charge in [-0.15, -0.1) is 24.5 Å². The monoisotopic (exact) mass is 398 g/mol. The minimum Gasteiger partial charge on any atom is -0.406 e. The normalized spacial score (nSPS) is 17.0. The first-order valence-corrected chi connectivity index (χ1v) is 9.18. The predicted octanol–water partition coefficient (Wildman–Crippen LogP) is 3.82. The lowest BCUT2D eigenvalue weighted by Gasteiger charge is -2.24. The van der Waals surface area contributed by atoms with Gasteiger partial charge >= 0.3 is 6.36 Å². The molecule has 2 heterocycles. The van der Waals surface area contributed by atoms with Crippen LogP contribution in [-0.4, -0.2) is 35.7 Å². The van der Waals surface area contributed by atoms with E-state index in [2.05, 4.69) is 10.1 Å². The standard InChI is InChI=1S/C18H17F3N2O3S/c19-18(20,21)26-13-5-1-4-12(10-13)22-17(25)15-7-2-8-23(15)16(24)11-14-6-3-9-27-14/h1,3-6,9-10,15H,2,7-8,11H2,(H,22,25). The molecule has 27 heavy (non-hydrogen) atoms. The topological polar surface area (TPSA) is 58.6 Å². The fourth-order valence-corrected chi connectivity index (χ4v) is 3.69. The summed E-state index contributed by atoms with van der Waals surface area (Å²) in [5, 5.41) is 4.46. The molecule has 1 aromatic heterocycles. The molecule has 1 N–H and O–H groups in total. The summed E-state index contributed by atoms with van der Waals surface area (Å²) in [7, 11) is 0. The lowest BCUT2D eigenvalue weighted by molar-refractivity contribution is -0.274. The quantitative estimate of drug-likeness (QED) is 0.833. The van der Waals surface area contributed by atoms with Crippen molar-refractivity contribution >= 4 is 28.8 Å². The molecule has 1 unspecified atom stereocenters. The summed E-state index contributed by atoms with van der Waals surface area (Å²) >= 11 is 1.47. The number of hydrogen-bond acceptors (Lipinski definition) is 4. The summed E-state index contributed by atoms with van der Waals surface area (Å²) in [6.07, 6.45) is -3.36. The van der Waals surface area contributed by atoms with Crippen molar-refractivity contribution in [2.45, 2.75) is 31.7 Å². The predicted molar refractivity (Wildman–Crippen MR) is 94.5 cm³/mol. The second-order valence-corrected chi connectivity index (χ2v) is 7.10. The first kappa shape index (κ1) is 19.2. The number of nitrogens with zero attached hydrogens (tertiary/aromatic N) is 1. The van der Waals surface area contributed by atoms with E-state index in [9.17, 15) is 22.8 Å². The van der Waals surface area contributed by atoms with Gasteiger partial charge in [0, 0.05) is 23.2 Å². The number of ether oxygens (including phenoxy) is 1. The molecule has 0 bridgehead atoms. The number of halogens is 3. The molecular weight excluding hydrogens is 381 g/mol. The number of carbonyl (C=O) groups excluding carboxylic acids is 2. The largest absolute Gasteiger partial charge is 0.573 e. The fraction of sp³-hybridized carbons (Fsp3) is 0.333. The minimum absolute atomic E-state index is 0.135. The lowest BCUT2D eigenvalue weighted by Crippen LogP contribution is -2.43. The van der Waals surface area contributed by atoms with Gasteiger partial charge in [0.15, 0.2) is 0 Å². The van der Waals surface area contributed by atoms with Crippen LogP contribution in [-0.2, 0) is 16.0 Å². The van der Waals surface area contributed by atoms with Gasteiger partial charge in [0.25, 0.3) is 0 Å². The Kier molecular flexibility index (Phi) is 5.69. The number of rotatable bonds is 5. The Labute approximate surface area is 157 Å². The van der Waals surface area contributed by atoms with Gasteiger partial charge in [-0.3, -0.25) is 9.59 Å². The molecule has 1 fully saturated rings. The fourth-order valence-electron chi connectivity index (χ4n) is 3.00. The summed E-state index contributed by atoms with van der Waals surface area (Å²) < 4.78 is 40.8. The number of carbonyl (C=O) groups is 2. The summed E-state index contributed by atoms with van der Waals surface area (Å²) in [5.74, 6) is -0.974. The van der Waals surface area contributed by atoms with E-state index in [0.29, 0.717) is 19.4 Å². The van der Waals surface area contributed by atoms with Crippen molar-refractivity contribution in [2.24, 2.45) is 0 Å². The van der Waals surface area contributed by atoms with Crippen molar-refractivity contribution in [2.75, 3.05) is 11.9 Å². The van der Waals surface area contributed by atoms with E-state index in [1.807, 2.05) is 17.5 Å². The maximum atomic E-state index is 12.6. The van der Waals surface area contributed by atoms with Crippen LogP contribution in [0.1, 0.15) is 17.7 Å². The number of thiophene rings is 1. The molecule has 9 heteroatoms. The van der Waals surface area contributed by atoms with E-state index >= 15 is 0 Å². The van der Waals surface area contributed by atoms with Crippen molar-refractivity contribution in [3.8, 4) is 5.75 Å². The molecule has 3 rings (SSSR count). The molecule has 1 aromatic carbocycles. The average molecular weight is 398 g/mol. The van der Waals surface area contributed by atoms with Gasteiger partial charge in [0.2, 0.25) is 11.8 Å². The van der Waals surface area contributed by atoms with E-state index in [1.165, 1.54) is 28.4 Å². The molecule has 0 saturated carbocycles. The minimum atomic E-state index is -4.81. The van der Waals surface area contributed by atoms with Gasteiger partial charge in [0.05, 0.1) is 6.42 Å². The first-order valence-electron chi connectivity index (χ1n) is 8.30. The maximum absolute atomic E-state index is 12.6. The number of nitrogens with one attached hydrogen (secondary N) is 1. The zero-order valence-corrected chi connectivity index (χ0v) is 15.0. The average Bonchev–Trinajstić information content (AvgIpc) is 3.24. The Bertz CT molecular complexity index is 808. The highest BCUT2D eigenvalue weighted by Crippen LogP contribution is 2.26. The zero-order valence-electron chi connectivity index (χ0n) is 14.2. The number of anilines is 1. The third-order valence-corrected chi connectivity index (χ3v) is 4.99. The third kappa shape index (κ3) is 5.22. The van der Waals surface area contributed by atoms with Crippen molar-refractivity contribution in [3.05, 3.63) is 46.7 Å². The highest BCUT2D eigenvalue weighted by molar-refractivity contribution is 7.10. The molecule has 1 atom stereocenters. The summed E-state index contributed by atoms with van der Waals surface area (Å²) in [5.41, 5.74) is 0.180. The van der Waals surface area contributed by atoms with Crippen LogP contribution in [0.3, 0.4) is 0 Å². The molecule has 144 valence electrons. The van der Waals surface area contributed by atoms with Gasteiger partial charge in [-0.1, -0.05) is 12.1 Å². The van der Waals surface area contributed by atoms with E-state index in [-0.39, 0.29) is 18.0 Å². The van der Waals surface area contributed by atoms with E-state index < -0.39 is 24.1 Å². The summed E-state index contributed by atoms with van der Waals surface area (Å²) in [4.78, 5) is 27.5. The highest BCUT2D eigenvalue weighted by atomic mass is 32.1. The second kappa shape index (κ2) is 7.99. The van der Waals surface area contributed by atoms with Crippen LogP contribution in [0.2, 0.25) is 0 Å². The molecule has 0 radical (unpaired) electrons. The van der Waals surface area contributed by atoms with Crippen LogP contribution < -0.4 is 10.1 Å². The molecule has 0 aliphatic carbocycles. The van der Waals surface area contributed by atoms with Crippen LogP contribution in [0.5, 0.6) is 5.75 Å². The molecular formula is C18H17F3N2O3S. The highest BCUT2D eigenvalue weighted by Gasteiger charge is 2.34. The Morgan fingerprint density at radius 2 is 2.07 bits per heavy atom. The number of alkyl halides is 3. The second-order valence-electron chi connectivity index (χ2n) is 6.07. The Morgan fingerprint density at radius 3 is 2.78 bits per heavy atom. The van der Waals surface area contributed by atoms with Gasteiger partial charge in [-0.25, -0.2) is 0 Å². The summed E-state index contributed by atoms with van der Waals surface area (Å²) in [6, 6.07) is 8.15. The van der Waals surface area contributed by atoms with E-state index in [4.69, 9.17) is 0 Å². The van der Waals surface area contributed by atoms with Crippen molar-refractivity contribution < 1.29 is 27.5 Å². The molecule has 1 saturated heterocycles. The Hall–Kier alpha value is -2.55. The van der Waals surface area contributed by atoms with Crippen molar-refractivity contribution in [3.63, 3.8) is 0 Å². The smallest absolute Gasteiger partial charge is 0.406 e. The first-order chi connectivity index (χ1) is 12.8. The van der Waals surface area contributed by atoms with Crippen molar-refractivity contribution in [1.29, 1.82) is 0 Å². The van der Waals surface area contributed by atoms with E-state index in [0.717, 1.165) is 17.0 Å². The van der Waals surface area contributed by atoms with Crippen LogP contribution in [0, 0.1) is 0 Å². The van der Waals surface area contributed by atoms with Gasteiger partial charge in [-0.05, 0) is 36.4 Å². The number of hydrogen-bond donors (Lipinski definition) is 1. The number of likely N-dealkylation sites (tertiary alicyclic amines) is 1.